The predicted molar refractivity (Wildman–Crippen MR) is 118 cm³/mol. The number of amides is 1. The summed E-state index contributed by atoms with van der Waals surface area (Å²) in [5.41, 5.74) is 3.63. The molecule has 4 rings (SSSR count). The third kappa shape index (κ3) is 4.13. The number of aryl methyl sites for hydroxylation is 1. The second-order valence-electron chi connectivity index (χ2n) is 7.77. The van der Waals surface area contributed by atoms with Crippen LogP contribution in [0.3, 0.4) is 0 Å². The lowest BCUT2D eigenvalue weighted by atomic mass is 9.89. The van der Waals surface area contributed by atoms with Gasteiger partial charge in [-0.15, -0.1) is 0 Å². The van der Waals surface area contributed by atoms with Gasteiger partial charge in [-0.2, -0.15) is 0 Å². The van der Waals surface area contributed by atoms with Crippen LogP contribution in [0.25, 0.3) is 10.9 Å². The molecule has 31 heavy (non-hydrogen) atoms. The number of carbonyl (C=O) groups is 2. The van der Waals surface area contributed by atoms with Crippen LogP contribution in [0.2, 0.25) is 0 Å². The van der Waals surface area contributed by atoms with Crippen LogP contribution in [0.4, 0.5) is 0 Å². The summed E-state index contributed by atoms with van der Waals surface area (Å²) >= 11 is 0. The van der Waals surface area contributed by atoms with E-state index in [0.717, 1.165) is 24.1 Å². The Labute approximate surface area is 181 Å². The summed E-state index contributed by atoms with van der Waals surface area (Å²) in [7, 11) is 1.67. The maximum Gasteiger partial charge on any atom is 0.339 e. The Morgan fingerprint density at radius 3 is 2.65 bits per heavy atom. The number of esters is 1. The van der Waals surface area contributed by atoms with Crippen LogP contribution in [-0.4, -0.2) is 53.6 Å². The lowest BCUT2D eigenvalue weighted by Gasteiger charge is -2.32. The Hall–Kier alpha value is -3.35. The summed E-state index contributed by atoms with van der Waals surface area (Å²) in [6.07, 6.45) is 3.84. The van der Waals surface area contributed by atoms with Crippen LogP contribution in [0.5, 0.6) is 5.75 Å². The highest BCUT2D eigenvalue weighted by Crippen LogP contribution is 2.35. The highest BCUT2D eigenvalue weighted by Gasteiger charge is 2.27. The van der Waals surface area contributed by atoms with Gasteiger partial charge in [0.15, 0.2) is 0 Å². The van der Waals surface area contributed by atoms with Gasteiger partial charge in [-0.3, -0.25) is 4.79 Å². The SMILES string of the molecule is CCOC(=O)c1ccc(C(=O)N2CCC(c3c[nH]c4ccc(OC)cc34)CC2)nc1C. The molecule has 3 aromatic rings. The van der Waals surface area contributed by atoms with E-state index in [2.05, 4.69) is 22.2 Å². The third-order valence-electron chi connectivity index (χ3n) is 5.94. The summed E-state index contributed by atoms with van der Waals surface area (Å²) in [5, 5.41) is 1.18. The maximum absolute atomic E-state index is 13.0. The molecule has 1 fully saturated rings. The molecule has 2 aromatic heterocycles. The number of benzene rings is 1. The maximum atomic E-state index is 13.0. The molecule has 0 aliphatic carbocycles. The molecule has 0 bridgehead atoms. The highest BCUT2D eigenvalue weighted by atomic mass is 16.5. The van der Waals surface area contributed by atoms with Crippen LogP contribution >= 0.6 is 0 Å². The number of carbonyl (C=O) groups excluding carboxylic acids is 2. The standard InChI is InChI=1S/C24H27N3O4/c1-4-31-24(29)18-6-8-22(26-15(18)2)23(28)27-11-9-16(10-12-27)20-14-25-21-7-5-17(30-3)13-19(20)21/h5-8,13-14,16,25H,4,9-12H2,1-3H3. The van der Waals surface area contributed by atoms with E-state index in [1.54, 1.807) is 33.1 Å². The van der Waals surface area contributed by atoms with Gasteiger partial charge in [0.05, 0.1) is 25.0 Å². The van der Waals surface area contributed by atoms with Gasteiger partial charge < -0.3 is 19.4 Å². The number of methoxy groups -OCH3 is 1. The van der Waals surface area contributed by atoms with Crippen molar-refractivity contribution < 1.29 is 19.1 Å². The van der Waals surface area contributed by atoms with Crippen LogP contribution < -0.4 is 4.74 Å². The molecular weight excluding hydrogens is 394 g/mol. The molecule has 7 nitrogen and oxygen atoms in total. The Morgan fingerprint density at radius 2 is 1.97 bits per heavy atom. The van der Waals surface area contributed by atoms with E-state index in [1.807, 2.05) is 17.0 Å². The quantitative estimate of drug-likeness (QED) is 0.628. The number of rotatable bonds is 5. The van der Waals surface area contributed by atoms with Crippen LogP contribution in [-0.2, 0) is 4.74 Å². The summed E-state index contributed by atoms with van der Waals surface area (Å²) in [6.45, 7) is 5.12. The second kappa shape index (κ2) is 8.79. The summed E-state index contributed by atoms with van der Waals surface area (Å²) in [5.74, 6) is 0.708. The molecule has 0 saturated carbocycles. The molecule has 7 heteroatoms. The molecule has 1 aliphatic heterocycles. The normalized spacial score (nSPS) is 14.6. The number of likely N-dealkylation sites (tertiary alicyclic amines) is 1. The molecule has 0 radical (unpaired) electrons. The molecule has 1 aliphatic rings. The molecule has 3 heterocycles. The number of ether oxygens (including phenoxy) is 2. The first-order valence-electron chi connectivity index (χ1n) is 10.6. The number of piperidine rings is 1. The molecule has 162 valence electrons. The summed E-state index contributed by atoms with van der Waals surface area (Å²) in [6, 6.07) is 9.28. The average molecular weight is 421 g/mol. The fourth-order valence-electron chi connectivity index (χ4n) is 4.25. The molecule has 1 amide bonds. The average Bonchev–Trinajstić information content (AvgIpc) is 3.22. The number of H-pyrrole nitrogens is 1. The van der Waals surface area contributed by atoms with Gasteiger partial charge in [0.2, 0.25) is 0 Å². The minimum Gasteiger partial charge on any atom is -0.497 e. The Bertz CT molecular complexity index is 1110. The number of hydrogen-bond acceptors (Lipinski definition) is 5. The van der Waals surface area contributed by atoms with Gasteiger partial charge in [0.1, 0.15) is 11.4 Å². The zero-order chi connectivity index (χ0) is 22.0. The minimum absolute atomic E-state index is 0.0995. The Morgan fingerprint density at radius 1 is 1.19 bits per heavy atom. The third-order valence-corrected chi connectivity index (χ3v) is 5.94. The fourth-order valence-corrected chi connectivity index (χ4v) is 4.25. The van der Waals surface area contributed by atoms with Gasteiger partial charge in [0.25, 0.3) is 5.91 Å². The lowest BCUT2D eigenvalue weighted by molar-refractivity contribution is 0.0523. The van der Waals surface area contributed by atoms with Gasteiger partial charge in [-0.1, -0.05) is 0 Å². The zero-order valence-electron chi connectivity index (χ0n) is 18.1. The number of pyridine rings is 1. The number of nitrogens with one attached hydrogen (secondary N) is 1. The van der Waals surface area contributed by atoms with Crippen LogP contribution in [0.1, 0.15) is 57.8 Å². The Kier molecular flexibility index (Phi) is 5.93. The summed E-state index contributed by atoms with van der Waals surface area (Å²) in [4.78, 5) is 34.5. The van der Waals surface area contributed by atoms with Gasteiger partial charge in [-0.05, 0) is 68.5 Å². The van der Waals surface area contributed by atoms with Crippen molar-refractivity contribution in [3.05, 3.63) is 59.0 Å². The van der Waals surface area contributed by atoms with Crippen molar-refractivity contribution in [1.29, 1.82) is 0 Å². The molecule has 1 saturated heterocycles. The van der Waals surface area contributed by atoms with Gasteiger partial charge in [0, 0.05) is 30.2 Å². The molecule has 1 N–H and O–H groups in total. The fraction of sp³-hybridized carbons (Fsp3) is 0.375. The first-order chi connectivity index (χ1) is 15.0. The van der Waals surface area contributed by atoms with Crippen molar-refractivity contribution in [2.45, 2.75) is 32.6 Å². The number of hydrogen-bond donors (Lipinski definition) is 1. The van der Waals surface area contributed by atoms with Crippen molar-refractivity contribution >= 4 is 22.8 Å². The van der Waals surface area contributed by atoms with Crippen molar-refractivity contribution in [3.63, 3.8) is 0 Å². The van der Waals surface area contributed by atoms with Gasteiger partial charge in [-0.25, -0.2) is 9.78 Å². The van der Waals surface area contributed by atoms with Gasteiger partial charge >= 0.3 is 5.97 Å². The minimum atomic E-state index is -0.414. The van der Waals surface area contributed by atoms with E-state index in [9.17, 15) is 9.59 Å². The Balaban J connectivity index is 1.45. The van der Waals surface area contributed by atoms with E-state index in [0.29, 0.717) is 42.6 Å². The van der Waals surface area contributed by atoms with Crippen molar-refractivity contribution in [3.8, 4) is 5.75 Å². The van der Waals surface area contributed by atoms with E-state index in [-0.39, 0.29) is 5.91 Å². The van der Waals surface area contributed by atoms with Crippen LogP contribution in [0, 0.1) is 6.92 Å². The van der Waals surface area contributed by atoms with E-state index >= 15 is 0 Å². The topological polar surface area (TPSA) is 84.5 Å². The van der Waals surface area contributed by atoms with Crippen LogP contribution in [0.15, 0.2) is 36.5 Å². The van der Waals surface area contributed by atoms with Crippen molar-refractivity contribution in [1.82, 2.24) is 14.9 Å². The number of aromatic amines is 1. The van der Waals surface area contributed by atoms with E-state index in [4.69, 9.17) is 9.47 Å². The largest absolute Gasteiger partial charge is 0.497 e. The number of aromatic nitrogens is 2. The molecule has 1 aromatic carbocycles. The first-order valence-corrected chi connectivity index (χ1v) is 10.6. The van der Waals surface area contributed by atoms with Crippen molar-refractivity contribution in [2.24, 2.45) is 0 Å². The molecular formula is C24H27N3O4. The first kappa shape index (κ1) is 20.9. The summed E-state index contributed by atoms with van der Waals surface area (Å²) < 4.78 is 10.4. The van der Waals surface area contributed by atoms with E-state index < -0.39 is 5.97 Å². The smallest absolute Gasteiger partial charge is 0.339 e. The highest BCUT2D eigenvalue weighted by molar-refractivity contribution is 5.95. The van der Waals surface area contributed by atoms with Crippen molar-refractivity contribution in [2.75, 3.05) is 26.8 Å². The molecule has 0 spiro atoms. The number of nitrogens with zero attached hydrogens (tertiary/aromatic N) is 2. The zero-order valence-corrected chi connectivity index (χ0v) is 18.1. The molecule has 0 unspecified atom stereocenters. The molecule has 0 atom stereocenters. The second-order valence-corrected chi connectivity index (χ2v) is 7.77. The monoisotopic (exact) mass is 421 g/mol. The van der Waals surface area contributed by atoms with E-state index in [1.165, 1.54) is 10.9 Å². The number of fused-ring (bicyclic) bond motifs is 1. The lowest BCUT2D eigenvalue weighted by Crippen LogP contribution is -2.38. The predicted octanol–water partition coefficient (Wildman–Crippen LogP) is 4.08.